The van der Waals surface area contributed by atoms with Crippen LogP contribution in [0.3, 0.4) is 0 Å². The highest BCUT2D eigenvalue weighted by Crippen LogP contribution is 2.09. The molecule has 0 spiro atoms. The summed E-state index contributed by atoms with van der Waals surface area (Å²) >= 11 is 1.35. The van der Waals surface area contributed by atoms with E-state index in [1.807, 2.05) is 0 Å². The summed E-state index contributed by atoms with van der Waals surface area (Å²) in [5, 5.41) is 6.36. The van der Waals surface area contributed by atoms with Gasteiger partial charge in [-0.1, -0.05) is 17.8 Å². The molecule has 0 unspecified atom stereocenters. The molecule has 0 aliphatic carbocycles. The normalized spacial score (nSPS) is 9.82. The molecule has 0 radical (unpaired) electrons. The number of hydrogen-bond donors (Lipinski definition) is 2. The van der Waals surface area contributed by atoms with Crippen molar-refractivity contribution in [1.29, 1.82) is 0 Å². The summed E-state index contributed by atoms with van der Waals surface area (Å²) < 4.78 is 0.966. The Kier molecular flexibility index (Phi) is 2.37. The minimum atomic E-state index is -0.406. The first kappa shape index (κ1) is 7.93. The Morgan fingerprint density at radius 3 is 3.09 bits per heavy atom. The Labute approximate surface area is 67.3 Å². The molecule has 1 rings (SSSR count). The average molecular weight is 172 g/mol. The second kappa shape index (κ2) is 3.29. The molecule has 11 heavy (non-hydrogen) atoms. The molecule has 0 saturated heterocycles. The lowest BCUT2D eigenvalue weighted by Gasteiger charge is -1.93. The molecule has 1 aromatic rings. The minimum Gasteiger partial charge on any atom is -0.333 e. The maximum Gasteiger partial charge on any atom is 0.362 e. The number of hydrogen-bond acceptors (Lipinski definition) is 4. The Hall–Kier alpha value is -1.17. The standard InChI is InChI=1S/C5H8N4OS/c1-2-3-11-5-8-7-4(10)9(5)6/h2H,1,3,6H2,(H,7,10). The van der Waals surface area contributed by atoms with Gasteiger partial charge in [-0.25, -0.2) is 9.89 Å². The van der Waals surface area contributed by atoms with E-state index >= 15 is 0 Å². The monoisotopic (exact) mass is 172 g/mol. The van der Waals surface area contributed by atoms with E-state index in [1.54, 1.807) is 6.08 Å². The third-order valence-corrected chi connectivity index (χ3v) is 1.95. The van der Waals surface area contributed by atoms with E-state index in [0.29, 0.717) is 10.9 Å². The Morgan fingerprint density at radius 2 is 2.64 bits per heavy atom. The first-order chi connectivity index (χ1) is 5.25. The van der Waals surface area contributed by atoms with Gasteiger partial charge in [-0.3, -0.25) is 0 Å². The van der Waals surface area contributed by atoms with Crippen molar-refractivity contribution in [3.8, 4) is 0 Å². The molecule has 1 aromatic heterocycles. The Balaban J connectivity index is 2.78. The lowest BCUT2D eigenvalue weighted by Crippen LogP contribution is -2.24. The summed E-state index contributed by atoms with van der Waals surface area (Å²) in [4.78, 5) is 10.7. The van der Waals surface area contributed by atoms with Gasteiger partial charge in [0.25, 0.3) is 0 Å². The van der Waals surface area contributed by atoms with Gasteiger partial charge < -0.3 is 5.84 Å². The van der Waals surface area contributed by atoms with Crippen LogP contribution in [-0.2, 0) is 0 Å². The third-order valence-electron chi connectivity index (χ3n) is 1.00. The average Bonchev–Trinajstić information content (AvgIpc) is 2.31. The van der Waals surface area contributed by atoms with Crippen molar-refractivity contribution in [2.24, 2.45) is 0 Å². The van der Waals surface area contributed by atoms with Crippen LogP contribution >= 0.6 is 11.8 Å². The van der Waals surface area contributed by atoms with Crippen molar-refractivity contribution < 1.29 is 0 Å². The summed E-state index contributed by atoms with van der Waals surface area (Å²) in [6.45, 7) is 3.53. The predicted octanol–water partition coefficient (Wildman–Crippen LogP) is -0.437. The molecule has 0 fully saturated rings. The van der Waals surface area contributed by atoms with E-state index in [4.69, 9.17) is 5.84 Å². The number of H-pyrrole nitrogens is 1. The van der Waals surface area contributed by atoms with Crippen LogP contribution in [0.4, 0.5) is 0 Å². The largest absolute Gasteiger partial charge is 0.362 e. The lowest BCUT2D eigenvalue weighted by molar-refractivity contribution is 0.827. The van der Waals surface area contributed by atoms with E-state index in [2.05, 4.69) is 16.8 Å². The minimum absolute atomic E-state index is 0.406. The molecule has 0 amide bonds. The van der Waals surface area contributed by atoms with Crippen LogP contribution < -0.4 is 11.5 Å². The molecule has 0 aromatic carbocycles. The summed E-state index contributed by atoms with van der Waals surface area (Å²) in [5.41, 5.74) is -0.406. The quantitative estimate of drug-likeness (QED) is 0.368. The third kappa shape index (κ3) is 1.64. The zero-order chi connectivity index (χ0) is 8.27. The summed E-state index contributed by atoms with van der Waals surface area (Å²) in [6, 6.07) is 0. The van der Waals surface area contributed by atoms with Crippen molar-refractivity contribution in [2.75, 3.05) is 11.6 Å². The zero-order valence-electron chi connectivity index (χ0n) is 5.78. The topological polar surface area (TPSA) is 76.7 Å². The second-order valence-corrected chi connectivity index (χ2v) is 2.77. The number of aromatic nitrogens is 3. The van der Waals surface area contributed by atoms with Crippen molar-refractivity contribution in [1.82, 2.24) is 14.9 Å². The molecule has 0 aliphatic rings. The molecule has 60 valence electrons. The Bertz CT molecular complexity index is 302. The highest BCUT2D eigenvalue weighted by molar-refractivity contribution is 7.99. The number of thioether (sulfide) groups is 1. The van der Waals surface area contributed by atoms with Crippen LogP contribution in [-0.4, -0.2) is 20.6 Å². The maximum atomic E-state index is 10.7. The molecule has 3 N–H and O–H groups in total. The van der Waals surface area contributed by atoms with Gasteiger partial charge in [-0.05, 0) is 0 Å². The van der Waals surface area contributed by atoms with E-state index in [-0.39, 0.29) is 0 Å². The smallest absolute Gasteiger partial charge is 0.333 e. The molecular weight excluding hydrogens is 164 g/mol. The van der Waals surface area contributed by atoms with E-state index in [9.17, 15) is 4.79 Å². The van der Waals surface area contributed by atoms with Gasteiger partial charge >= 0.3 is 5.69 Å². The van der Waals surface area contributed by atoms with Gasteiger partial charge in [0.15, 0.2) is 0 Å². The number of rotatable bonds is 3. The van der Waals surface area contributed by atoms with Crippen molar-refractivity contribution in [3.63, 3.8) is 0 Å². The van der Waals surface area contributed by atoms with E-state index < -0.39 is 5.69 Å². The molecular formula is C5H8N4OS. The van der Waals surface area contributed by atoms with Crippen LogP contribution in [0.25, 0.3) is 0 Å². The zero-order valence-corrected chi connectivity index (χ0v) is 6.60. The van der Waals surface area contributed by atoms with Crippen LogP contribution in [0.2, 0.25) is 0 Å². The van der Waals surface area contributed by atoms with E-state index in [1.165, 1.54) is 11.8 Å². The van der Waals surface area contributed by atoms with Gasteiger partial charge in [0, 0.05) is 5.75 Å². The highest BCUT2D eigenvalue weighted by Gasteiger charge is 2.02. The molecule has 5 nitrogen and oxygen atoms in total. The van der Waals surface area contributed by atoms with Gasteiger partial charge in [-0.2, -0.15) is 4.68 Å². The molecule has 0 atom stereocenters. The van der Waals surface area contributed by atoms with Crippen molar-refractivity contribution >= 4 is 11.8 Å². The van der Waals surface area contributed by atoms with Crippen molar-refractivity contribution in [3.05, 3.63) is 23.1 Å². The van der Waals surface area contributed by atoms with Gasteiger partial charge in [0.2, 0.25) is 5.16 Å². The molecule has 0 aliphatic heterocycles. The first-order valence-electron chi connectivity index (χ1n) is 2.92. The number of nitrogen functional groups attached to an aromatic ring is 1. The Morgan fingerprint density at radius 1 is 1.91 bits per heavy atom. The number of nitrogens with zero attached hydrogens (tertiary/aromatic N) is 2. The molecule has 0 bridgehead atoms. The fourth-order valence-electron chi connectivity index (χ4n) is 0.526. The summed E-state index contributed by atoms with van der Waals surface area (Å²) in [6.07, 6.45) is 1.71. The van der Waals surface area contributed by atoms with Gasteiger partial charge in [0.1, 0.15) is 0 Å². The fraction of sp³-hybridized carbons (Fsp3) is 0.200. The first-order valence-corrected chi connectivity index (χ1v) is 3.90. The van der Waals surface area contributed by atoms with Crippen LogP contribution in [0.15, 0.2) is 22.6 Å². The number of aromatic amines is 1. The van der Waals surface area contributed by atoms with Gasteiger partial charge in [0.05, 0.1) is 0 Å². The van der Waals surface area contributed by atoms with Gasteiger partial charge in [-0.15, -0.1) is 11.7 Å². The lowest BCUT2D eigenvalue weighted by atomic mass is 10.8. The number of nitrogens with one attached hydrogen (secondary N) is 1. The second-order valence-electron chi connectivity index (χ2n) is 1.78. The van der Waals surface area contributed by atoms with Crippen LogP contribution in [0, 0.1) is 0 Å². The number of nitrogens with two attached hydrogens (primary N) is 1. The SMILES string of the molecule is C=CCSc1n[nH]c(=O)n1N. The van der Waals surface area contributed by atoms with Crippen LogP contribution in [0.5, 0.6) is 0 Å². The maximum absolute atomic E-state index is 10.7. The molecule has 6 heteroatoms. The predicted molar refractivity (Wildman–Crippen MR) is 43.9 cm³/mol. The van der Waals surface area contributed by atoms with E-state index in [0.717, 1.165) is 4.68 Å². The summed E-state index contributed by atoms with van der Waals surface area (Å²) in [5.74, 6) is 5.98. The molecule has 1 heterocycles. The molecule has 0 saturated carbocycles. The van der Waals surface area contributed by atoms with Crippen molar-refractivity contribution in [2.45, 2.75) is 5.16 Å². The fourth-order valence-corrected chi connectivity index (χ4v) is 1.12. The van der Waals surface area contributed by atoms with Crippen LogP contribution in [0.1, 0.15) is 0 Å². The highest BCUT2D eigenvalue weighted by atomic mass is 32.2. The summed E-state index contributed by atoms with van der Waals surface area (Å²) in [7, 11) is 0.